The first-order chi connectivity index (χ1) is 41.1. The Morgan fingerprint density at radius 3 is 1.10 bits per heavy atom. The molecule has 83 heavy (non-hydrogen) atoms. The van der Waals surface area contributed by atoms with Crippen molar-refractivity contribution in [2.45, 2.75) is 0 Å². The monoisotopic (exact) mass is 1050 g/mol. The van der Waals surface area contributed by atoms with Crippen LogP contribution < -0.4 is 0 Å². The van der Waals surface area contributed by atoms with Crippen molar-refractivity contribution in [1.29, 1.82) is 0 Å². The lowest BCUT2D eigenvalue weighted by molar-refractivity contribution is 0.622. The maximum Gasteiger partial charge on any atom is 0.227 e. The zero-order valence-corrected chi connectivity index (χ0v) is 44.9. The molecule has 0 saturated carbocycles. The highest BCUT2D eigenvalue weighted by Gasteiger charge is 2.22. The summed E-state index contributed by atoms with van der Waals surface area (Å²) in [7, 11) is 0. The summed E-state index contributed by atoms with van der Waals surface area (Å²) in [5.74, 6) is 0.605. The van der Waals surface area contributed by atoms with Crippen molar-refractivity contribution in [2.24, 2.45) is 0 Å². The van der Waals surface area contributed by atoms with Gasteiger partial charge in [0.05, 0.1) is 22.1 Å². The smallest absolute Gasteiger partial charge is 0.227 e. The van der Waals surface area contributed by atoms with Crippen molar-refractivity contribution in [2.75, 3.05) is 0 Å². The number of aromatic nitrogens is 3. The van der Waals surface area contributed by atoms with E-state index in [1.807, 2.05) is 18.2 Å². The molecule has 0 fully saturated rings. The molecule has 3 heterocycles. The van der Waals surface area contributed by atoms with E-state index >= 15 is 0 Å². The molecule has 4 heteroatoms. The van der Waals surface area contributed by atoms with Gasteiger partial charge in [-0.2, -0.15) is 0 Å². The molecule has 0 saturated heterocycles. The summed E-state index contributed by atoms with van der Waals surface area (Å²) < 4.78 is 11.6. The molecule has 0 aliphatic carbocycles. The number of oxazole rings is 1. The van der Waals surface area contributed by atoms with Crippen LogP contribution in [-0.4, -0.2) is 14.1 Å². The number of rotatable bonds is 6. The van der Waals surface area contributed by atoms with E-state index < -0.39 is 0 Å². The summed E-state index contributed by atoms with van der Waals surface area (Å²) in [4.78, 5) is 5.06. The molecular weight excluding hydrogens is 1010 g/mol. The number of benzene rings is 15. The van der Waals surface area contributed by atoms with Crippen molar-refractivity contribution in [3.8, 4) is 56.2 Å². The van der Waals surface area contributed by atoms with Crippen molar-refractivity contribution in [3.05, 3.63) is 285 Å². The van der Waals surface area contributed by atoms with E-state index in [0.29, 0.717) is 5.89 Å². The first-order valence-corrected chi connectivity index (χ1v) is 28.5. The van der Waals surface area contributed by atoms with Gasteiger partial charge in [0.25, 0.3) is 0 Å². The number of hydrogen-bond acceptors (Lipinski definition) is 2. The quantitative estimate of drug-likeness (QED) is 0.156. The minimum atomic E-state index is 0.605. The molecule has 18 rings (SSSR count). The summed E-state index contributed by atoms with van der Waals surface area (Å²) >= 11 is 0. The van der Waals surface area contributed by atoms with E-state index in [-0.39, 0.29) is 0 Å². The number of para-hydroxylation sites is 1. The van der Waals surface area contributed by atoms with Crippen LogP contribution in [0.15, 0.2) is 290 Å². The van der Waals surface area contributed by atoms with E-state index in [2.05, 4.69) is 276 Å². The molecule has 0 N–H and O–H groups in total. The Morgan fingerprint density at radius 1 is 0.229 bits per heavy atom. The molecule has 4 nitrogen and oxygen atoms in total. The first kappa shape index (κ1) is 45.8. The number of hydrogen-bond donors (Lipinski definition) is 0. The fraction of sp³-hybridized carbons (Fsp3) is 0. The fourth-order valence-electron chi connectivity index (χ4n) is 13.8. The van der Waals surface area contributed by atoms with Crippen LogP contribution in [0.4, 0.5) is 0 Å². The van der Waals surface area contributed by atoms with Crippen LogP contribution in [0.2, 0.25) is 0 Å². The largest absolute Gasteiger partial charge is 0.434 e. The Bertz CT molecular complexity index is 5660. The van der Waals surface area contributed by atoms with E-state index in [0.717, 1.165) is 66.5 Å². The first-order valence-electron chi connectivity index (χ1n) is 28.5. The van der Waals surface area contributed by atoms with E-state index in [4.69, 9.17) is 9.40 Å². The third-order valence-electron chi connectivity index (χ3n) is 17.7. The molecule has 3 aromatic heterocycles. The Hall–Kier alpha value is -11.1. The molecule has 0 amide bonds. The SMILES string of the molecule is c1ccc(-c2nc3ccc4c5cc(-c6ccc7c(c6)c6ccccc6n7-c6ccc(-c7ccc8c9ccccc9c9ccccc9c8c7)cc6)ccc5n(-c5ccc(-c6ccc7c8ccccc8c8ccccc8c7c6)cc5)c4c3o2)cc1. The molecule has 15 aromatic carbocycles. The van der Waals surface area contributed by atoms with Gasteiger partial charge in [0.2, 0.25) is 5.89 Å². The highest BCUT2D eigenvalue weighted by atomic mass is 16.3. The average molecular weight is 1050 g/mol. The van der Waals surface area contributed by atoms with Gasteiger partial charge < -0.3 is 13.6 Å². The molecule has 0 unspecified atom stereocenters. The zero-order chi connectivity index (χ0) is 54.3. The van der Waals surface area contributed by atoms with Crippen LogP contribution in [-0.2, 0) is 0 Å². The topological polar surface area (TPSA) is 35.9 Å². The van der Waals surface area contributed by atoms with Crippen LogP contribution in [0.1, 0.15) is 0 Å². The van der Waals surface area contributed by atoms with Gasteiger partial charge in [0, 0.05) is 38.5 Å². The summed E-state index contributed by atoms with van der Waals surface area (Å²) in [6.07, 6.45) is 0. The summed E-state index contributed by atoms with van der Waals surface area (Å²) in [5, 5.41) is 20.0. The second kappa shape index (κ2) is 17.7. The minimum absolute atomic E-state index is 0.605. The van der Waals surface area contributed by atoms with Gasteiger partial charge in [-0.05, 0) is 189 Å². The summed E-state index contributed by atoms with van der Waals surface area (Å²) in [6, 6.07) is 104. The Kier molecular flexibility index (Phi) is 9.77. The lowest BCUT2D eigenvalue weighted by Gasteiger charge is -2.13. The Labute approximate surface area is 476 Å². The van der Waals surface area contributed by atoms with Crippen molar-refractivity contribution in [1.82, 2.24) is 14.1 Å². The number of nitrogens with zero attached hydrogens (tertiary/aromatic N) is 3. The van der Waals surface area contributed by atoms with E-state index in [1.54, 1.807) is 0 Å². The van der Waals surface area contributed by atoms with Gasteiger partial charge in [-0.1, -0.05) is 194 Å². The lowest BCUT2D eigenvalue weighted by atomic mass is 9.92. The van der Waals surface area contributed by atoms with Crippen LogP contribution in [0.5, 0.6) is 0 Å². The van der Waals surface area contributed by atoms with Crippen molar-refractivity contribution in [3.63, 3.8) is 0 Å². The molecule has 0 bridgehead atoms. The maximum atomic E-state index is 6.84. The predicted octanol–water partition coefficient (Wildman–Crippen LogP) is 21.6. The molecule has 0 aliphatic heterocycles. The van der Waals surface area contributed by atoms with Gasteiger partial charge in [-0.25, -0.2) is 4.98 Å². The average Bonchev–Trinajstić information content (AvgIpc) is 3.26. The lowest BCUT2D eigenvalue weighted by Crippen LogP contribution is -1.94. The molecule has 0 radical (unpaired) electrons. The highest BCUT2D eigenvalue weighted by molar-refractivity contribution is 6.27. The van der Waals surface area contributed by atoms with Gasteiger partial charge in [-0.15, -0.1) is 0 Å². The molecule has 0 aliphatic rings. The van der Waals surface area contributed by atoms with E-state index in [1.165, 1.54) is 103 Å². The van der Waals surface area contributed by atoms with Gasteiger partial charge in [0.1, 0.15) is 5.52 Å². The van der Waals surface area contributed by atoms with E-state index in [9.17, 15) is 0 Å². The third kappa shape index (κ3) is 6.90. The van der Waals surface area contributed by atoms with Crippen LogP contribution in [0.25, 0.3) is 176 Å². The molecule has 384 valence electrons. The molecule has 18 aromatic rings. The zero-order valence-electron chi connectivity index (χ0n) is 44.9. The van der Waals surface area contributed by atoms with Crippen LogP contribution in [0.3, 0.4) is 0 Å². The molecule has 0 spiro atoms. The standard InChI is InChI=1S/C79H47N3O/c1-2-14-50(15-3-1)79-80-73-41-40-68-72-47-54(33-43-76(72)82(77(68)78(73)83-79)56-36-28-49(29-37-56)52-31-39-66-62-21-7-5-17-58(62)60-19-9-11-23-64(60)70(66)45-52)53-32-42-75-71(46-53)67-24-12-13-25-74(67)81(75)55-34-26-48(27-35-55)51-30-38-65-61-20-6-4-16-57(61)59-18-8-10-22-63(59)69(65)44-51/h1-47H. The van der Waals surface area contributed by atoms with Crippen molar-refractivity contribution >= 4 is 119 Å². The Balaban J connectivity index is 0.745. The third-order valence-corrected chi connectivity index (χ3v) is 17.7. The molecular formula is C79H47N3O. The maximum absolute atomic E-state index is 6.84. The fourth-order valence-corrected chi connectivity index (χ4v) is 13.8. The van der Waals surface area contributed by atoms with Gasteiger partial charge >= 0.3 is 0 Å². The van der Waals surface area contributed by atoms with Crippen LogP contribution >= 0.6 is 0 Å². The summed E-state index contributed by atoms with van der Waals surface area (Å²) in [5.41, 5.74) is 16.2. The van der Waals surface area contributed by atoms with Crippen LogP contribution in [0, 0.1) is 0 Å². The van der Waals surface area contributed by atoms with Gasteiger partial charge in [0.15, 0.2) is 5.58 Å². The second-order valence-electron chi connectivity index (χ2n) is 22.1. The van der Waals surface area contributed by atoms with Crippen molar-refractivity contribution < 1.29 is 4.42 Å². The second-order valence-corrected chi connectivity index (χ2v) is 22.1. The van der Waals surface area contributed by atoms with Gasteiger partial charge in [-0.3, -0.25) is 0 Å². The number of fused-ring (bicyclic) bond motifs is 20. The molecule has 0 atom stereocenters. The Morgan fingerprint density at radius 2 is 0.578 bits per heavy atom. The minimum Gasteiger partial charge on any atom is -0.434 e. The summed E-state index contributed by atoms with van der Waals surface area (Å²) in [6.45, 7) is 0. The normalized spacial score (nSPS) is 12.1. The highest BCUT2D eigenvalue weighted by Crippen LogP contribution is 2.44. The predicted molar refractivity (Wildman–Crippen MR) is 349 cm³/mol.